The van der Waals surface area contributed by atoms with E-state index in [4.69, 9.17) is 12.2 Å². The van der Waals surface area contributed by atoms with Crippen LogP contribution in [-0.2, 0) is 5.41 Å². The minimum atomic E-state index is -0.165. The van der Waals surface area contributed by atoms with Gasteiger partial charge in [0.15, 0.2) is 5.11 Å². The van der Waals surface area contributed by atoms with E-state index >= 15 is 0 Å². The SMILES string of the molecule is CN(C)CCN(C)C(=S)NC(=O)c1ccc(C(C)(C)C)cc1. The van der Waals surface area contributed by atoms with Gasteiger partial charge in [-0.2, -0.15) is 0 Å². The van der Waals surface area contributed by atoms with Crippen molar-refractivity contribution in [2.24, 2.45) is 0 Å². The summed E-state index contributed by atoms with van der Waals surface area (Å²) in [6.07, 6.45) is 0. The van der Waals surface area contributed by atoms with Crippen molar-refractivity contribution in [3.05, 3.63) is 35.4 Å². The third kappa shape index (κ3) is 5.73. The maximum absolute atomic E-state index is 12.2. The van der Waals surface area contributed by atoms with Crippen molar-refractivity contribution in [2.45, 2.75) is 26.2 Å². The average molecular weight is 321 g/mol. The van der Waals surface area contributed by atoms with Gasteiger partial charge in [-0.3, -0.25) is 10.1 Å². The first kappa shape index (κ1) is 18.6. The summed E-state index contributed by atoms with van der Waals surface area (Å²) in [7, 11) is 5.90. The van der Waals surface area contributed by atoms with Crippen LogP contribution in [0.2, 0.25) is 0 Å². The number of carbonyl (C=O) groups excluding carboxylic acids is 1. The van der Waals surface area contributed by atoms with Gasteiger partial charge in [-0.15, -0.1) is 0 Å². The normalized spacial score (nSPS) is 11.4. The van der Waals surface area contributed by atoms with Gasteiger partial charge in [0.2, 0.25) is 0 Å². The molecule has 4 nitrogen and oxygen atoms in total. The molecular weight excluding hydrogens is 294 g/mol. The van der Waals surface area contributed by atoms with Crippen LogP contribution >= 0.6 is 12.2 Å². The molecule has 0 saturated heterocycles. The Hall–Kier alpha value is -1.46. The maximum atomic E-state index is 12.2. The van der Waals surface area contributed by atoms with Crippen molar-refractivity contribution in [2.75, 3.05) is 34.2 Å². The molecule has 22 heavy (non-hydrogen) atoms. The molecule has 0 heterocycles. The van der Waals surface area contributed by atoms with Gasteiger partial charge in [0, 0.05) is 25.7 Å². The molecule has 0 spiro atoms. The molecule has 0 saturated carbocycles. The number of hydrogen-bond acceptors (Lipinski definition) is 3. The Labute approximate surface area is 139 Å². The van der Waals surface area contributed by atoms with Crippen molar-refractivity contribution in [3.63, 3.8) is 0 Å². The fourth-order valence-electron chi connectivity index (χ4n) is 1.84. The molecule has 1 rings (SSSR count). The van der Waals surface area contributed by atoms with Crippen molar-refractivity contribution in [3.8, 4) is 0 Å². The third-order valence-electron chi connectivity index (χ3n) is 3.46. The second-order valence-corrected chi connectivity index (χ2v) is 7.20. The predicted molar refractivity (Wildman–Crippen MR) is 96.4 cm³/mol. The number of nitrogens with one attached hydrogen (secondary N) is 1. The van der Waals surface area contributed by atoms with Crippen LogP contribution in [0.3, 0.4) is 0 Å². The number of nitrogens with zero attached hydrogens (tertiary/aromatic N) is 2. The summed E-state index contributed by atoms with van der Waals surface area (Å²) in [5.74, 6) is -0.165. The topological polar surface area (TPSA) is 35.6 Å². The van der Waals surface area contributed by atoms with E-state index < -0.39 is 0 Å². The fraction of sp³-hybridized carbons (Fsp3) is 0.529. The van der Waals surface area contributed by atoms with Crippen LogP contribution in [-0.4, -0.2) is 55.1 Å². The number of amides is 1. The molecule has 0 aliphatic heterocycles. The van der Waals surface area contributed by atoms with E-state index in [9.17, 15) is 4.79 Å². The van der Waals surface area contributed by atoms with Gasteiger partial charge < -0.3 is 9.80 Å². The highest BCUT2D eigenvalue weighted by Crippen LogP contribution is 2.22. The van der Waals surface area contributed by atoms with Gasteiger partial charge in [0.25, 0.3) is 5.91 Å². The predicted octanol–water partition coefficient (Wildman–Crippen LogP) is 2.49. The first-order valence-corrected chi connectivity index (χ1v) is 7.84. The standard InChI is InChI=1S/C17H27N3OS/c1-17(2,3)14-9-7-13(8-10-14)15(21)18-16(22)20(6)12-11-19(4)5/h7-10H,11-12H2,1-6H3,(H,18,21,22). The van der Waals surface area contributed by atoms with E-state index in [2.05, 4.69) is 31.0 Å². The minimum Gasteiger partial charge on any atom is -0.351 e. The Bertz CT molecular complexity index is 518. The van der Waals surface area contributed by atoms with Crippen molar-refractivity contribution < 1.29 is 4.79 Å². The number of rotatable bonds is 4. The monoisotopic (exact) mass is 321 g/mol. The molecule has 0 aliphatic carbocycles. The van der Waals surface area contributed by atoms with E-state index in [-0.39, 0.29) is 11.3 Å². The van der Waals surface area contributed by atoms with Gasteiger partial charge >= 0.3 is 0 Å². The Morgan fingerprint density at radius 3 is 2.09 bits per heavy atom. The lowest BCUT2D eigenvalue weighted by atomic mass is 9.87. The van der Waals surface area contributed by atoms with Crippen LogP contribution in [0.1, 0.15) is 36.7 Å². The highest BCUT2D eigenvalue weighted by molar-refractivity contribution is 7.80. The Balaban J connectivity index is 2.63. The first-order chi connectivity index (χ1) is 10.1. The molecule has 0 aliphatic rings. The van der Waals surface area contributed by atoms with Gasteiger partial charge in [-0.05, 0) is 49.4 Å². The maximum Gasteiger partial charge on any atom is 0.257 e. The molecule has 0 aromatic heterocycles. The summed E-state index contributed by atoms with van der Waals surface area (Å²) < 4.78 is 0. The van der Waals surface area contributed by atoms with E-state index in [1.54, 1.807) is 0 Å². The molecule has 0 fully saturated rings. The van der Waals surface area contributed by atoms with Crippen molar-refractivity contribution in [1.29, 1.82) is 0 Å². The largest absolute Gasteiger partial charge is 0.351 e. The number of hydrogen-bond donors (Lipinski definition) is 1. The summed E-state index contributed by atoms with van der Waals surface area (Å²) in [5.41, 5.74) is 1.91. The van der Waals surface area contributed by atoms with Gasteiger partial charge in [-0.25, -0.2) is 0 Å². The number of benzene rings is 1. The Morgan fingerprint density at radius 1 is 1.09 bits per heavy atom. The summed E-state index contributed by atoms with van der Waals surface area (Å²) in [6.45, 7) is 8.10. The zero-order valence-corrected chi connectivity index (χ0v) is 15.3. The van der Waals surface area contributed by atoms with Gasteiger partial charge in [0.1, 0.15) is 0 Å². The van der Waals surface area contributed by atoms with E-state index in [0.717, 1.165) is 13.1 Å². The van der Waals surface area contributed by atoms with Crippen LogP contribution in [0.5, 0.6) is 0 Å². The first-order valence-electron chi connectivity index (χ1n) is 7.43. The summed E-state index contributed by atoms with van der Waals surface area (Å²) in [5, 5.41) is 3.23. The number of thiocarbonyl (C=S) groups is 1. The lowest BCUT2D eigenvalue weighted by Crippen LogP contribution is -2.42. The second-order valence-electron chi connectivity index (χ2n) is 6.81. The smallest absolute Gasteiger partial charge is 0.257 e. The Morgan fingerprint density at radius 2 is 1.64 bits per heavy atom. The van der Waals surface area contributed by atoms with E-state index in [1.165, 1.54) is 5.56 Å². The van der Waals surface area contributed by atoms with Crippen LogP contribution in [0.4, 0.5) is 0 Å². The van der Waals surface area contributed by atoms with Crippen LogP contribution in [0.25, 0.3) is 0 Å². The Kier molecular flexibility index (Phi) is 6.50. The summed E-state index contributed by atoms with van der Waals surface area (Å²) in [6, 6.07) is 7.68. The van der Waals surface area contributed by atoms with Crippen molar-refractivity contribution in [1.82, 2.24) is 15.1 Å². The van der Waals surface area contributed by atoms with Crippen LogP contribution in [0, 0.1) is 0 Å². The third-order valence-corrected chi connectivity index (χ3v) is 3.88. The molecule has 122 valence electrons. The molecule has 1 aromatic rings. The second kappa shape index (κ2) is 7.70. The minimum absolute atomic E-state index is 0.0801. The molecule has 0 atom stereocenters. The highest BCUT2D eigenvalue weighted by atomic mass is 32.1. The molecule has 5 heteroatoms. The molecule has 1 amide bonds. The highest BCUT2D eigenvalue weighted by Gasteiger charge is 2.15. The van der Waals surface area contributed by atoms with Crippen LogP contribution in [0.15, 0.2) is 24.3 Å². The quantitative estimate of drug-likeness (QED) is 0.864. The summed E-state index contributed by atoms with van der Waals surface area (Å²) >= 11 is 5.27. The molecule has 0 bridgehead atoms. The molecule has 0 radical (unpaired) electrons. The lowest BCUT2D eigenvalue weighted by molar-refractivity contribution is 0.0973. The van der Waals surface area contributed by atoms with E-state index in [0.29, 0.717) is 10.7 Å². The number of carbonyl (C=O) groups is 1. The van der Waals surface area contributed by atoms with Gasteiger partial charge in [0.05, 0.1) is 0 Å². The molecular formula is C17H27N3OS. The van der Waals surface area contributed by atoms with Crippen molar-refractivity contribution >= 4 is 23.2 Å². The molecule has 1 N–H and O–H groups in total. The number of likely N-dealkylation sites (N-methyl/N-ethyl adjacent to an activating group) is 2. The molecule has 0 unspecified atom stereocenters. The zero-order chi connectivity index (χ0) is 16.9. The fourth-order valence-corrected chi connectivity index (χ4v) is 2.02. The molecule has 1 aromatic carbocycles. The van der Waals surface area contributed by atoms with E-state index in [1.807, 2.05) is 50.3 Å². The summed E-state index contributed by atoms with van der Waals surface area (Å²) in [4.78, 5) is 16.2. The van der Waals surface area contributed by atoms with Gasteiger partial charge in [-0.1, -0.05) is 32.9 Å². The average Bonchev–Trinajstić information content (AvgIpc) is 2.43. The van der Waals surface area contributed by atoms with Crippen LogP contribution < -0.4 is 5.32 Å². The lowest BCUT2D eigenvalue weighted by Gasteiger charge is -2.22. The zero-order valence-electron chi connectivity index (χ0n) is 14.4.